The fourth-order valence-corrected chi connectivity index (χ4v) is 4.48. The summed E-state index contributed by atoms with van der Waals surface area (Å²) in [5.41, 5.74) is 2.18. The lowest BCUT2D eigenvalue weighted by Crippen LogP contribution is -2.54. The number of aryl methyl sites for hydroxylation is 1. The monoisotopic (exact) mass is 544 g/mol. The molecule has 1 unspecified atom stereocenters. The molecule has 0 saturated heterocycles. The van der Waals surface area contributed by atoms with Crippen LogP contribution in [0.1, 0.15) is 43.9 Å². The Kier molecular flexibility index (Phi) is 9.84. The van der Waals surface area contributed by atoms with Crippen LogP contribution in [0.2, 0.25) is 15.1 Å². The third kappa shape index (κ3) is 8.26. The smallest absolute Gasteiger partial charge is 0.243 e. The van der Waals surface area contributed by atoms with Gasteiger partial charge in [0.1, 0.15) is 6.04 Å². The van der Waals surface area contributed by atoms with Gasteiger partial charge in [-0.3, -0.25) is 9.59 Å². The highest BCUT2D eigenvalue weighted by Gasteiger charge is 2.32. The molecule has 0 aliphatic carbocycles. The number of benzene rings is 3. The molecule has 2 amide bonds. The van der Waals surface area contributed by atoms with E-state index in [2.05, 4.69) is 5.32 Å². The molecule has 0 fully saturated rings. The van der Waals surface area contributed by atoms with E-state index >= 15 is 0 Å². The molecule has 0 spiro atoms. The summed E-state index contributed by atoms with van der Waals surface area (Å²) in [5.74, 6) is -0.358. The van der Waals surface area contributed by atoms with Gasteiger partial charge >= 0.3 is 0 Å². The summed E-state index contributed by atoms with van der Waals surface area (Å²) >= 11 is 18.7. The zero-order valence-corrected chi connectivity index (χ0v) is 23.0. The molecule has 0 aliphatic heterocycles. The van der Waals surface area contributed by atoms with Crippen LogP contribution in [0.25, 0.3) is 0 Å². The fourth-order valence-electron chi connectivity index (χ4n) is 3.93. The number of nitrogens with zero attached hydrogens (tertiary/aromatic N) is 1. The molecule has 7 heteroatoms. The summed E-state index contributed by atoms with van der Waals surface area (Å²) in [4.78, 5) is 28.9. The molecule has 1 atom stereocenters. The molecule has 0 bridgehead atoms. The van der Waals surface area contributed by atoms with Gasteiger partial charge in [0.15, 0.2) is 0 Å². The summed E-state index contributed by atoms with van der Waals surface area (Å²) in [6.45, 7) is 5.99. The van der Waals surface area contributed by atoms with Crippen LogP contribution in [0.5, 0.6) is 0 Å². The second-order valence-corrected chi connectivity index (χ2v) is 11.0. The Balaban J connectivity index is 1.96. The van der Waals surface area contributed by atoms with Crippen molar-refractivity contribution in [2.75, 3.05) is 0 Å². The quantitative estimate of drug-likeness (QED) is 0.311. The van der Waals surface area contributed by atoms with Gasteiger partial charge in [-0.15, -0.1) is 0 Å². The van der Waals surface area contributed by atoms with Crippen molar-refractivity contribution in [3.63, 3.8) is 0 Å². The number of nitrogens with one attached hydrogen (secondary N) is 1. The predicted molar refractivity (Wildman–Crippen MR) is 149 cm³/mol. The van der Waals surface area contributed by atoms with Crippen LogP contribution in [-0.4, -0.2) is 28.3 Å². The molecule has 190 valence electrons. The van der Waals surface area contributed by atoms with Gasteiger partial charge in [-0.25, -0.2) is 0 Å². The van der Waals surface area contributed by atoms with Crippen molar-refractivity contribution in [3.8, 4) is 0 Å². The van der Waals surface area contributed by atoms with Gasteiger partial charge in [0, 0.05) is 29.9 Å². The molecule has 4 nitrogen and oxygen atoms in total. The number of halogens is 3. The Morgan fingerprint density at radius 3 is 2.14 bits per heavy atom. The number of amides is 2. The Morgan fingerprint density at radius 1 is 0.833 bits per heavy atom. The van der Waals surface area contributed by atoms with E-state index in [1.54, 1.807) is 17.0 Å². The molecule has 0 radical (unpaired) electrons. The number of carbonyl (C=O) groups is 2. The van der Waals surface area contributed by atoms with Crippen LogP contribution in [0.3, 0.4) is 0 Å². The maximum absolute atomic E-state index is 13.7. The second kappa shape index (κ2) is 12.6. The van der Waals surface area contributed by atoms with Crippen molar-refractivity contribution in [3.05, 3.63) is 105 Å². The first-order valence-corrected chi connectivity index (χ1v) is 13.0. The Morgan fingerprint density at radius 2 is 1.50 bits per heavy atom. The van der Waals surface area contributed by atoms with Gasteiger partial charge in [0.05, 0.1) is 10.0 Å². The first kappa shape index (κ1) is 28.0. The third-order valence-corrected chi connectivity index (χ3v) is 6.78. The van der Waals surface area contributed by atoms with Gasteiger partial charge in [0.25, 0.3) is 0 Å². The van der Waals surface area contributed by atoms with Crippen molar-refractivity contribution in [2.24, 2.45) is 0 Å². The first-order chi connectivity index (χ1) is 17.0. The number of rotatable bonds is 9. The number of hydrogen-bond acceptors (Lipinski definition) is 2. The maximum atomic E-state index is 13.7. The molecule has 0 aliphatic rings. The van der Waals surface area contributed by atoms with Crippen LogP contribution in [0.4, 0.5) is 0 Å². The Bertz CT molecular complexity index is 1190. The molecule has 0 heterocycles. The first-order valence-electron chi connectivity index (χ1n) is 11.9. The van der Waals surface area contributed by atoms with Gasteiger partial charge in [-0.1, -0.05) is 89.4 Å². The zero-order valence-electron chi connectivity index (χ0n) is 20.7. The SMILES string of the molecule is CC(C)(C)NC(=O)C(Cc1ccccc1)N(Cc1ccc(Cl)c(Cl)c1)C(=O)CCc1ccccc1Cl. The third-order valence-electron chi connectivity index (χ3n) is 5.67. The summed E-state index contributed by atoms with van der Waals surface area (Å²) in [6.07, 6.45) is 1.05. The van der Waals surface area contributed by atoms with Crippen molar-refractivity contribution >= 4 is 46.6 Å². The van der Waals surface area contributed by atoms with E-state index in [4.69, 9.17) is 34.8 Å². The Labute approximate surface area is 228 Å². The predicted octanol–water partition coefficient (Wildman–Crippen LogP) is 7.13. The van der Waals surface area contributed by atoms with Crippen molar-refractivity contribution in [1.82, 2.24) is 10.2 Å². The highest BCUT2D eigenvalue weighted by molar-refractivity contribution is 6.42. The maximum Gasteiger partial charge on any atom is 0.243 e. The minimum atomic E-state index is -0.722. The van der Waals surface area contributed by atoms with Crippen LogP contribution in [0, 0.1) is 0 Å². The van der Waals surface area contributed by atoms with Gasteiger partial charge in [-0.2, -0.15) is 0 Å². The van der Waals surface area contributed by atoms with Crippen molar-refractivity contribution < 1.29 is 9.59 Å². The topological polar surface area (TPSA) is 49.4 Å². The fraction of sp³-hybridized carbons (Fsp3) is 0.310. The van der Waals surface area contributed by atoms with Gasteiger partial charge in [-0.05, 0) is 62.1 Å². The summed E-state index contributed by atoms with van der Waals surface area (Å²) in [5, 5.41) is 4.51. The molecular formula is C29H31Cl3N2O2. The Hall–Kier alpha value is -2.53. The molecule has 3 rings (SSSR count). The van der Waals surface area contributed by atoms with E-state index in [9.17, 15) is 9.59 Å². The van der Waals surface area contributed by atoms with Crippen LogP contribution >= 0.6 is 34.8 Å². The average Bonchev–Trinajstić information content (AvgIpc) is 2.82. The molecular weight excluding hydrogens is 515 g/mol. The van der Waals surface area contributed by atoms with E-state index in [0.717, 1.165) is 16.7 Å². The van der Waals surface area contributed by atoms with Gasteiger partial charge in [0.2, 0.25) is 11.8 Å². The highest BCUT2D eigenvalue weighted by Crippen LogP contribution is 2.25. The van der Waals surface area contributed by atoms with Crippen LogP contribution in [0.15, 0.2) is 72.8 Å². The van der Waals surface area contributed by atoms with E-state index < -0.39 is 11.6 Å². The number of hydrogen-bond donors (Lipinski definition) is 1. The van der Waals surface area contributed by atoms with Crippen molar-refractivity contribution in [1.29, 1.82) is 0 Å². The molecule has 0 aromatic heterocycles. The zero-order chi connectivity index (χ0) is 26.3. The summed E-state index contributed by atoms with van der Waals surface area (Å²) in [7, 11) is 0. The lowest BCUT2D eigenvalue weighted by atomic mass is 10.00. The van der Waals surface area contributed by atoms with E-state index in [1.807, 2.05) is 81.4 Å². The van der Waals surface area contributed by atoms with E-state index in [-0.39, 0.29) is 24.8 Å². The molecule has 36 heavy (non-hydrogen) atoms. The molecule has 1 N–H and O–H groups in total. The average molecular weight is 546 g/mol. The van der Waals surface area contributed by atoms with Crippen LogP contribution < -0.4 is 5.32 Å². The molecule has 0 saturated carbocycles. The number of carbonyl (C=O) groups excluding carboxylic acids is 2. The second-order valence-electron chi connectivity index (χ2n) is 9.81. The molecule has 3 aromatic rings. The lowest BCUT2D eigenvalue weighted by molar-refractivity contribution is -0.141. The molecule has 3 aromatic carbocycles. The van der Waals surface area contributed by atoms with Crippen LogP contribution in [-0.2, 0) is 29.0 Å². The summed E-state index contributed by atoms with van der Waals surface area (Å²) < 4.78 is 0. The highest BCUT2D eigenvalue weighted by atomic mass is 35.5. The largest absolute Gasteiger partial charge is 0.350 e. The van der Waals surface area contributed by atoms with E-state index in [0.29, 0.717) is 27.9 Å². The van der Waals surface area contributed by atoms with Crippen molar-refractivity contribution in [2.45, 2.75) is 58.2 Å². The van der Waals surface area contributed by atoms with Gasteiger partial charge < -0.3 is 10.2 Å². The van der Waals surface area contributed by atoms with E-state index in [1.165, 1.54) is 0 Å². The standard InChI is InChI=1S/C29H31Cl3N2O2/c1-29(2,3)33-28(36)26(18-20-9-5-4-6-10-20)34(19-21-13-15-24(31)25(32)17-21)27(35)16-14-22-11-7-8-12-23(22)30/h4-13,15,17,26H,14,16,18-19H2,1-3H3,(H,33,36). The normalized spacial score (nSPS) is 12.2. The lowest BCUT2D eigenvalue weighted by Gasteiger charge is -2.34. The summed E-state index contributed by atoms with van der Waals surface area (Å²) in [6, 6.07) is 21.7. The minimum absolute atomic E-state index is 0.147. The minimum Gasteiger partial charge on any atom is -0.350 e.